The summed E-state index contributed by atoms with van der Waals surface area (Å²) in [4.78, 5) is 11.8. The first-order chi connectivity index (χ1) is 8.13. The third-order valence-corrected chi connectivity index (χ3v) is 3.50. The Hall–Kier alpha value is -1.43. The molecule has 0 unspecified atom stereocenters. The quantitative estimate of drug-likeness (QED) is 0.719. The maximum atomic E-state index is 9.59. The first-order valence-electron chi connectivity index (χ1n) is 5.97. The van der Waals surface area contributed by atoms with Crippen molar-refractivity contribution in [2.45, 2.75) is 38.1 Å². The fraction of sp³-hybridized carbons (Fsp3) is 0.727. The van der Waals surface area contributed by atoms with Gasteiger partial charge in [0.1, 0.15) is 6.33 Å². The minimum atomic E-state index is -0.305. The Bertz CT molecular complexity index is 376. The van der Waals surface area contributed by atoms with Gasteiger partial charge in [-0.05, 0) is 31.6 Å². The monoisotopic (exact) mass is 237 g/mol. The fourth-order valence-electron chi connectivity index (χ4n) is 2.24. The van der Waals surface area contributed by atoms with Crippen LogP contribution in [0.15, 0.2) is 6.33 Å². The molecule has 6 heteroatoms. The maximum Gasteiger partial charge on any atom is 0.227 e. The second kappa shape index (κ2) is 4.83. The zero-order valence-corrected chi connectivity index (χ0v) is 10.1. The topological polar surface area (TPSA) is 97.0 Å². The van der Waals surface area contributed by atoms with Gasteiger partial charge in [-0.2, -0.15) is 4.98 Å². The molecule has 1 saturated carbocycles. The van der Waals surface area contributed by atoms with Crippen LogP contribution in [0, 0.1) is 5.92 Å². The normalized spacial score (nSPS) is 28.9. The molecule has 1 heterocycles. The molecule has 0 bridgehead atoms. The van der Waals surface area contributed by atoms with Crippen LogP contribution >= 0.6 is 0 Å². The molecular formula is C11H19N5O. The summed E-state index contributed by atoms with van der Waals surface area (Å²) in [7, 11) is 0. The van der Waals surface area contributed by atoms with Crippen molar-refractivity contribution in [1.82, 2.24) is 15.0 Å². The summed E-state index contributed by atoms with van der Waals surface area (Å²) >= 11 is 0. The van der Waals surface area contributed by atoms with E-state index in [1.54, 1.807) is 0 Å². The number of anilines is 2. The van der Waals surface area contributed by atoms with E-state index in [9.17, 15) is 5.11 Å². The molecule has 0 spiro atoms. The molecule has 0 saturated heterocycles. The Balaban J connectivity index is 2.09. The molecule has 0 aliphatic heterocycles. The summed E-state index contributed by atoms with van der Waals surface area (Å²) in [5.41, 5.74) is 5.20. The summed E-state index contributed by atoms with van der Waals surface area (Å²) in [5, 5.41) is 12.8. The minimum Gasteiger partial charge on any atom is -0.394 e. The molecule has 1 aromatic heterocycles. The minimum absolute atomic E-state index is 0.0886. The van der Waals surface area contributed by atoms with Gasteiger partial charge in [-0.1, -0.05) is 6.92 Å². The molecule has 17 heavy (non-hydrogen) atoms. The number of nitrogens with zero attached hydrogens (tertiary/aromatic N) is 3. The molecular weight excluding hydrogens is 218 g/mol. The summed E-state index contributed by atoms with van der Waals surface area (Å²) in [5.74, 6) is 1.36. The lowest BCUT2D eigenvalue weighted by Crippen LogP contribution is -2.45. The average Bonchev–Trinajstić information content (AvgIpc) is 2.33. The van der Waals surface area contributed by atoms with E-state index in [0.717, 1.165) is 31.6 Å². The van der Waals surface area contributed by atoms with Gasteiger partial charge >= 0.3 is 0 Å². The Morgan fingerprint density at radius 3 is 2.76 bits per heavy atom. The van der Waals surface area contributed by atoms with Gasteiger partial charge in [0.15, 0.2) is 0 Å². The molecule has 1 fully saturated rings. The van der Waals surface area contributed by atoms with Gasteiger partial charge in [0, 0.05) is 0 Å². The molecule has 2 rings (SSSR count). The Morgan fingerprint density at radius 2 is 2.18 bits per heavy atom. The number of nitrogens with one attached hydrogen (secondary N) is 1. The summed E-state index contributed by atoms with van der Waals surface area (Å²) in [6, 6.07) is 0. The van der Waals surface area contributed by atoms with E-state index in [-0.39, 0.29) is 18.1 Å². The summed E-state index contributed by atoms with van der Waals surface area (Å²) in [6.45, 7) is 2.33. The highest BCUT2D eigenvalue weighted by atomic mass is 16.3. The average molecular weight is 237 g/mol. The highest BCUT2D eigenvalue weighted by Gasteiger charge is 2.34. The molecule has 0 amide bonds. The number of rotatable bonds is 3. The number of hydrogen-bond acceptors (Lipinski definition) is 6. The van der Waals surface area contributed by atoms with Crippen LogP contribution in [0.2, 0.25) is 0 Å². The van der Waals surface area contributed by atoms with E-state index in [1.165, 1.54) is 6.33 Å². The molecule has 1 aliphatic rings. The van der Waals surface area contributed by atoms with E-state index in [2.05, 4.69) is 27.2 Å². The highest BCUT2D eigenvalue weighted by molar-refractivity contribution is 5.33. The van der Waals surface area contributed by atoms with E-state index >= 15 is 0 Å². The van der Waals surface area contributed by atoms with E-state index in [0.29, 0.717) is 5.95 Å². The first-order valence-corrected chi connectivity index (χ1v) is 5.97. The van der Waals surface area contributed by atoms with Gasteiger partial charge in [0.25, 0.3) is 0 Å². The molecule has 4 N–H and O–H groups in total. The lowest BCUT2D eigenvalue weighted by molar-refractivity contribution is 0.154. The van der Waals surface area contributed by atoms with Crippen LogP contribution in [-0.4, -0.2) is 32.2 Å². The second-order valence-corrected chi connectivity index (χ2v) is 4.91. The first kappa shape index (κ1) is 12.0. The van der Waals surface area contributed by atoms with Crippen LogP contribution in [0.4, 0.5) is 11.9 Å². The van der Waals surface area contributed by atoms with Crippen LogP contribution in [0.1, 0.15) is 32.6 Å². The number of nitrogens with two attached hydrogens (primary N) is 1. The zero-order valence-electron chi connectivity index (χ0n) is 10.1. The van der Waals surface area contributed by atoms with Crippen molar-refractivity contribution in [1.29, 1.82) is 0 Å². The van der Waals surface area contributed by atoms with Crippen molar-refractivity contribution in [3.8, 4) is 0 Å². The number of nitrogen functional groups attached to an aromatic ring is 1. The Morgan fingerprint density at radius 1 is 1.47 bits per heavy atom. The second-order valence-electron chi connectivity index (χ2n) is 4.91. The summed E-state index contributed by atoms with van der Waals surface area (Å²) in [6.07, 6.45) is 5.44. The molecule has 1 aliphatic carbocycles. The molecule has 94 valence electrons. The third-order valence-electron chi connectivity index (χ3n) is 3.50. The fourth-order valence-corrected chi connectivity index (χ4v) is 2.24. The highest BCUT2D eigenvalue weighted by Crippen LogP contribution is 2.33. The van der Waals surface area contributed by atoms with Crippen LogP contribution in [0.5, 0.6) is 0 Å². The summed E-state index contributed by atoms with van der Waals surface area (Å²) < 4.78 is 0. The van der Waals surface area contributed by atoms with Gasteiger partial charge in [0.2, 0.25) is 11.9 Å². The van der Waals surface area contributed by atoms with Gasteiger partial charge < -0.3 is 16.2 Å². The Labute approximate surface area is 101 Å². The van der Waals surface area contributed by atoms with Gasteiger partial charge in [-0.25, -0.2) is 9.97 Å². The SMILES string of the molecule is CC1CCC(CO)(Nc2ncnc(N)n2)CC1. The standard InChI is InChI=1S/C11H19N5O/c1-8-2-4-11(6-17,5-3-8)16-10-14-7-13-9(12)15-10/h7-8,17H,2-6H2,1H3,(H3,12,13,14,15,16). The zero-order chi connectivity index (χ0) is 12.3. The molecule has 0 aromatic carbocycles. The van der Waals surface area contributed by atoms with E-state index < -0.39 is 0 Å². The smallest absolute Gasteiger partial charge is 0.227 e. The molecule has 0 radical (unpaired) electrons. The van der Waals surface area contributed by atoms with Gasteiger partial charge in [-0.3, -0.25) is 0 Å². The number of aliphatic hydroxyl groups excluding tert-OH is 1. The lowest BCUT2D eigenvalue weighted by atomic mass is 9.77. The van der Waals surface area contributed by atoms with Crippen LogP contribution in [0.25, 0.3) is 0 Å². The molecule has 0 atom stereocenters. The third kappa shape index (κ3) is 2.82. The van der Waals surface area contributed by atoms with E-state index in [4.69, 9.17) is 5.73 Å². The van der Waals surface area contributed by atoms with Gasteiger partial charge in [-0.15, -0.1) is 0 Å². The van der Waals surface area contributed by atoms with Crippen molar-refractivity contribution in [2.75, 3.05) is 17.7 Å². The molecule has 6 nitrogen and oxygen atoms in total. The van der Waals surface area contributed by atoms with Crippen LogP contribution < -0.4 is 11.1 Å². The van der Waals surface area contributed by atoms with Crippen molar-refractivity contribution in [3.05, 3.63) is 6.33 Å². The van der Waals surface area contributed by atoms with Crippen molar-refractivity contribution in [3.63, 3.8) is 0 Å². The predicted octanol–water partition coefficient (Wildman–Crippen LogP) is 0.807. The van der Waals surface area contributed by atoms with Crippen molar-refractivity contribution < 1.29 is 5.11 Å². The number of aromatic nitrogens is 3. The van der Waals surface area contributed by atoms with Crippen molar-refractivity contribution >= 4 is 11.9 Å². The van der Waals surface area contributed by atoms with Crippen LogP contribution in [-0.2, 0) is 0 Å². The Kier molecular flexibility index (Phi) is 3.42. The predicted molar refractivity (Wildman–Crippen MR) is 65.3 cm³/mol. The van der Waals surface area contributed by atoms with Crippen LogP contribution in [0.3, 0.4) is 0 Å². The number of aliphatic hydroxyl groups is 1. The lowest BCUT2D eigenvalue weighted by Gasteiger charge is -2.38. The number of hydrogen-bond donors (Lipinski definition) is 3. The van der Waals surface area contributed by atoms with E-state index in [1.807, 2.05) is 0 Å². The maximum absolute atomic E-state index is 9.59. The van der Waals surface area contributed by atoms with Gasteiger partial charge in [0.05, 0.1) is 12.1 Å². The molecule has 1 aromatic rings. The largest absolute Gasteiger partial charge is 0.394 e. The van der Waals surface area contributed by atoms with Crippen molar-refractivity contribution in [2.24, 2.45) is 5.92 Å².